The van der Waals surface area contributed by atoms with Gasteiger partial charge in [-0.15, -0.1) is 0 Å². The third-order valence-electron chi connectivity index (χ3n) is 3.34. The smallest absolute Gasteiger partial charge is 0.243 e. The maximum Gasteiger partial charge on any atom is 0.243 e. The summed E-state index contributed by atoms with van der Waals surface area (Å²) in [6, 6.07) is 8.56. The molecule has 0 bridgehead atoms. The van der Waals surface area contributed by atoms with Crippen LogP contribution in [0.4, 0.5) is 5.82 Å². The number of likely N-dealkylation sites (N-methyl/N-ethyl adjacent to an activating group) is 1. The molecule has 0 fully saturated rings. The van der Waals surface area contributed by atoms with Gasteiger partial charge in [-0.05, 0) is 18.6 Å². The average molecular weight is 336 g/mol. The minimum absolute atomic E-state index is 0.0508. The van der Waals surface area contributed by atoms with Gasteiger partial charge in [0, 0.05) is 31.9 Å². The highest BCUT2D eigenvalue weighted by Crippen LogP contribution is 2.20. The number of aliphatic hydroxyl groups excluding tert-OH is 1. The summed E-state index contributed by atoms with van der Waals surface area (Å²) in [4.78, 5) is 8.33. The van der Waals surface area contributed by atoms with E-state index < -0.39 is 10.0 Å². The molecule has 0 amide bonds. The molecule has 0 atom stereocenters. The summed E-state index contributed by atoms with van der Waals surface area (Å²) < 4.78 is 26.3. The van der Waals surface area contributed by atoms with Gasteiger partial charge >= 0.3 is 0 Å². The zero-order chi connectivity index (χ0) is 16.9. The lowest BCUT2D eigenvalue weighted by atomic mass is 10.2. The van der Waals surface area contributed by atoms with E-state index in [2.05, 4.69) is 15.3 Å². The molecule has 0 aliphatic rings. The maximum atomic E-state index is 12.6. The second-order valence-electron chi connectivity index (χ2n) is 5.06. The van der Waals surface area contributed by atoms with Crippen molar-refractivity contribution < 1.29 is 13.5 Å². The Morgan fingerprint density at radius 3 is 2.70 bits per heavy atom. The second-order valence-corrected chi connectivity index (χ2v) is 7.07. The number of hydrogen-bond acceptors (Lipinski definition) is 6. The Morgan fingerprint density at radius 2 is 2.00 bits per heavy atom. The van der Waals surface area contributed by atoms with Crippen LogP contribution in [0.2, 0.25) is 0 Å². The summed E-state index contributed by atoms with van der Waals surface area (Å²) >= 11 is 0. The first-order chi connectivity index (χ1) is 10.9. The van der Waals surface area contributed by atoms with Crippen LogP contribution in [0, 0.1) is 6.92 Å². The van der Waals surface area contributed by atoms with Crippen molar-refractivity contribution in [3.8, 4) is 0 Å². The van der Waals surface area contributed by atoms with Gasteiger partial charge in [0.25, 0.3) is 0 Å². The molecule has 2 rings (SSSR count). The molecule has 0 unspecified atom stereocenters. The van der Waals surface area contributed by atoms with E-state index >= 15 is 0 Å². The van der Waals surface area contributed by atoms with E-state index in [0.29, 0.717) is 17.9 Å². The molecule has 0 saturated carbocycles. The molecule has 0 aliphatic carbocycles. The molecule has 0 saturated heterocycles. The predicted octanol–water partition coefficient (Wildman–Crippen LogP) is 1.01. The molecule has 2 N–H and O–H groups in total. The summed E-state index contributed by atoms with van der Waals surface area (Å²) in [6.07, 6.45) is 1.45. The standard InChI is InChI=1S/C15H20N4O3S/c1-12-9-15(18-11-17-12)16-10-13-5-3-4-6-14(13)23(21,22)19(2)7-8-20/h3-6,9,11,20H,7-8,10H2,1-2H3,(H,16,17,18). The van der Waals surface area contributed by atoms with Crippen molar-refractivity contribution in [3.63, 3.8) is 0 Å². The van der Waals surface area contributed by atoms with Crippen molar-refractivity contribution in [3.05, 3.63) is 47.9 Å². The van der Waals surface area contributed by atoms with Crippen LogP contribution in [0.3, 0.4) is 0 Å². The number of nitrogens with zero attached hydrogens (tertiary/aromatic N) is 3. The molecule has 7 nitrogen and oxygen atoms in total. The van der Waals surface area contributed by atoms with Crippen molar-refractivity contribution in [2.24, 2.45) is 0 Å². The van der Waals surface area contributed by atoms with Crippen LogP contribution in [-0.2, 0) is 16.6 Å². The van der Waals surface area contributed by atoms with Crippen molar-refractivity contribution in [1.29, 1.82) is 0 Å². The predicted molar refractivity (Wildman–Crippen MR) is 87.4 cm³/mol. The van der Waals surface area contributed by atoms with Crippen LogP contribution in [0.15, 0.2) is 41.6 Å². The number of rotatable bonds is 7. The third kappa shape index (κ3) is 4.25. The lowest BCUT2D eigenvalue weighted by molar-refractivity contribution is 0.266. The van der Waals surface area contributed by atoms with E-state index in [-0.39, 0.29) is 18.0 Å². The Morgan fingerprint density at radius 1 is 1.26 bits per heavy atom. The normalized spacial score (nSPS) is 11.7. The van der Waals surface area contributed by atoms with Crippen LogP contribution in [0.25, 0.3) is 0 Å². The van der Waals surface area contributed by atoms with Gasteiger partial charge in [-0.1, -0.05) is 18.2 Å². The number of sulfonamides is 1. The first-order valence-corrected chi connectivity index (χ1v) is 8.57. The van der Waals surface area contributed by atoms with Crippen LogP contribution in [0.1, 0.15) is 11.3 Å². The van der Waals surface area contributed by atoms with Gasteiger partial charge in [-0.3, -0.25) is 0 Å². The Kier molecular flexibility index (Phi) is 5.64. The first kappa shape index (κ1) is 17.3. The SMILES string of the molecule is Cc1cc(NCc2ccccc2S(=O)(=O)N(C)CCO)ncn1. The summed E-state index contributed by atoms with van der Waals surface area (Å²) in [6.45, 7) is 2.00. The Labute approximate surface area is 136 Å². The highest BCUT2D eigenvalue weighted by atomic mass is 32.2. The minimum atomic E-state index is -3.64. The third-order valence-corrected chi connectivity index (χ3v) is 5.30. The molecule has 1 aromatic heterocycles. The Balaban J connectivity index is 2.24. The molecule has 0 spiro atoms. The molecule has 124 valence electrons. The summed E-state index contributed by atoms with van der Waals surface area (Å²) in [5.74, 6) is 0.633. The fraction of sp³-hybridized carbons (Fsp3) is 0.333. The Bertz CT molecular complexity index is 765. The van der Waals surface area contributed by atoms with E-state index in [9.17, 15) is 8.42 Å². The average Bonchev–Trinajstić information content (AvgIpc) is 2.53. The van der Waals surface area contributed by atoms with E-state index in [4.69, 9.17) is 5.11 Å². The van der Waals surface area contributed by atoms with Crippen LogP contribution < -0.4 is 5.32 Å². The van der Waals surface area contributed by atoms with Crippen LogP contribution in [-0.4, -0.2) is 48.0 Å². The van der Waals surface area contributed by atoms with Crippen molar-refractivity contribution >= 4 is 15.8 Å². The number of anilines is 1. The van der Waals surface area contributed by atoms with Gasteiger partial charge < -0.3 is 10.4 Å². The summed E-state index contributed by atoms with van der Waals surface area (Å²) in [7, 11) is -2.20. The van der Waals surface area contributed by atoms with E-state index in [0.717, 1.165) is 10.00 Å². The summed E-state index contributed by atoms with van der Waals surface area (Å²) in [5.41, 5.74) is 1.46. The molecule has 1 heterocycles. The van der Waals surface area contributed by atoms with Crippen LogP contribution >= 0.6 is 0 Å². The zero-order valence-corrected chi connectivity index (χ0v) is 13.9. The van der Waals surface area contributed by atoms with Gasteiger partial charge in [0.05, 0.1) is 11.5 Å². The lowest BCUT2D eigenvalue weighted by Gasteiger charge is -2.18. The number of aliphatic hydroxyl groups is 1. The first-order valence-electron chi connectivity index (χ1n) is 7.13. The van der Waals surface area contributed by atoms with E-state index in [1.165, 1.54) is 13.4 Å². The van der Waals surface area contributed by atoms with Crippen molar-refractivity contribution in [2.75, 3.05) is 25.5 Å². The van der Waals surface area contributed by atoms with Crippen LogP contribution in [0.5, 0.6) is 0 Å². The van der Waals surface area contributed by atoms with Gasteiger partial charge in [0.2, 0.25) is 10.0 Å². The molecule has 0 aliphatic heterocycles. The fourth-order valence-corrected chi connectivity index (χ4v) is 3.45. The number of aromatic nitrogens is 2. The topological polar surface area (TPSA) is 95.4 Å². The monoisotopic (exact) mass is 336 g/mol. The van der Waals surface area contributed by atoms with Crippen molar-refractivity contribution in [1.82, 2.24) is 14.3 Å². The lowest BCUT2D eigenvalue weighted by Crippen LogP contribution is -2.30. The molecule has 23 heavy (non-hydrogen) atoms. The van der Waals surface area contributed by atoms with Gasteiger partial charge in [0.1, 0.15) is 12.1 Å². The molecule has 8 heteroatoms. The summed E-state index contributed by atoms with van der Waals surface area (Å²) in [5, 5.41) is 12.1. The molecule has 0 radical (unpaired) electrons. The van der Waals surface area contributed by atoms with Crippen molar-refractivity contribution in [2.45, 2.75) is 18.4 Å². The molecule has 1 aromatic carbocycles. The van der Waals surface area contributed by atoms with Gasteiger partial charge in [0.15, 0.2) is 0 Å². The van der Waals surface area contributed by atoms with E-state index in [1.54, 1.807) is 30.3 Å². The van der Waals surface area contributed by atoms with Gasteiger partial charge in [-0.2, -0.15) is 4.31 Å². The second kappa shape index (κ2) is 7.49. The quantitative estimate of drug-likeness (QED) is 0.783. The largest absolute Gasteiger partial charge is 0.395 e. The fourth-order valence-electron chi connectivity index (χ4n) is 2.07. The minimum Gasteiger partial charge on any atom is -0.395 e. The highest BCUT2D eigenvalue weighted by Gasteiger charge is 2.23. The zero-order valence-electron chi connectivity index (χ0n) is 13.1. The maximum absolute atomic E-state index is 12.6. The number of hydrogen-bond donors (Lipinski definition) is 2. The number of benzene rings is 1. The van der Waals surface area contributed by atoms with Gasteiger partial charge in [-0.25, -0.2) is 18.4 Å². The number of nitrogens with one attached hydrogen (secondary N) is 1. The Hall–Kier alpha value is -2.03. The molecular weight excluding hydrogens is 316 g/mol. The molecule has 2 aromatic rings. The van der Waals surface area contributed by atoms with E-state index in [1.807, 2.05) is 6.92 Å². The highest BCUT2D eigenvalue weighted by molar-refractivity contribution is 7.89. The molecular formula is C15H20N4O3S. The number of aryl methyl sites for hydroxylation is 1.